The molecule has 0 heterocycles. The highest BCUT2D eigenvalue weighted by molar-refractivity contribution is 6.32. The van der Waals surface area contributed by atoms with E-state index in [1.165, 1.54) is 11.1 Å². The third kappa shape index (κ3) is 4.76. The Labute approximate surface area is 132 Å². The van der Waals surface area contributed by atoms with Crippen molar-refractivity contribution in [2.45, 2.75) is 26.9 Å². The van der Waals surface area contributed by atoms with E-state index in [-0.39, 0.29) is 0 Å². The number of halogens is 1. The van der Waals surface area contributed by atoms with Gasteiger partial charge in [-0.15, -0.1) is 0 Å². The summed E-state index contributed by atoms with van der Waals surface area (Å²) >= 11 is 6.20. The lowest BCUT2D eigenvalue weighted by Gasteiger charge is -2.12. The van der Waals surface area contributed by atoms with Crippen LogP contribution in [-0.2, 0) is 13.0 Å². The molecule has 0 saturated heterocycles. The van der Waals surface area contributed by atoms with E-state index in [1.54, 1.807) is 0 Å². The Balaban J connectivity index is 2.02. The smallest absolute Gasteiger partial charge is 0.138 e. The zero-order chi connectivity index (χ0) is 15.1. The minimum atomic E-state index is 0.547. The average molecular weight is 304 g/mol. The van der Waals surface area contributed by atoms with Crippen LogP contribution in [0.3, 0.4) is 0 Å². The van der Waals surface area contributed by atoms with Gasteiger partial charge < -0.3 is 10.1 Å². The second-order valence-electron chi connectivity index (χ2n) is 5.09. The summed E-state index contributed by atoms with van der Waals surface area (Å²) in [6.07, 6.45) is 1.01. The van der Waals surface area contributed by atoms with Gasteiger partial charge in [-0.3, -0.25) is 0 Å². The van der Waals surface area contributed by atoms with Crippen LogP contribution in [0.4, 0.5) is 0 Å². The summed E-state index contributed by atoms with van der Waals surface area (Å²) in [5.41, 5.74) is 3.67. The molecule has 0 aliphatic carbocycles. The molecule has 0 unspecified atom stereocenters. The van der Waals surface area contributed by atoms with Crippen molar-refractivity contribution in [2.75, 3.05) is 13.1 Å². The quantitative estimate of drug-likeness (QED) is 0.766. The summed E-state index contributed by atoms with van der Waals surface area (Å²) in [5.74, 6) is 0.740. The lowest BCUT2D eigenvalue weighted by Crippen LogP contribution is -2.17. The van der Waals surface area contributed by atoms with Crippen molar-refractivity contribution in [3.8, 4) is 5.75 Å². The van der Waals surface area contributed by atoms with Gasteiger partial charge in [0.05, 0.1) is 5.02 Å². The fourth-order valence-electron chi connectivity index (χ4n) is 2.22. The molecule has 0 aromatic heterocycles. The van der Waals surface area contributed by atoms with Crippen LogP contribution in [-0.4, -0.2) is 13.1 Å². The largest absolute Gasteiger partial charge is 0.487 e. The summed E-state index contributed by atoms with van der Waals surface area (Å²) in [7, 11) is 0. The van der Waals surface area contributed by atoms with Crippen LogP contribution in [0.1, 0.15) is 23.6 Å². The number of hydrogen-bond donors (Lipinski definition) is 1. The molecule has 0 spiro atoms. The number of rotatable bonds is 7. The van der Waals surface area contributed by atoms with E-state index in [4.69, 9.17) is 16.3 Å². The molecular formula is C18H22ClNO. The van der Waals surface area contributed by atoms with Crippen LogP contribution in [0.2, 0.25) is 5.02 Å². The third-order valence-corrected chi connectivity index (χ3v) is 3.71. The fourth-order valence-corrected chi connectivity index (χ4v) is 2.51. The van der Waals surface area contributed by atoms with Crippen molar-refractivity contribution in [3.63, 3.8) is 0 Å². The van der Waals surface area contributed by atoms with Crippen molar-refractivity contribution in [2.24, 2.45) is 0 Å². The van der Waals surface area contributed by atoms with E-state index < -0.39 is 0 Å². The third-order valence-electron chi connectivity index (χ3n) is 3.41. The van der Waals surface area contributed by atoms with Crippen LogP contribution in [0, 0.1) is 6.92 Å². The first-order valence-electron chi connectivity index (χ1n) is 7.37. The molecule has 0 amide bonds. The Bertz CT molecular complexity index is 583. The molecule has 21 heavy (non-hydrogen) atoms. The molecule has 2 nitrogen and oxygen atoms in total. The first-order valence-corrected chi connectivity index (χ1v) is 7.75. The molecule has 1 N–H and O–H groups in total. The van der Waals surface area contributed by atoms with E-state index in [9.17, 15) is 0 Å². The van der Waals surface area contributed by atoms with E-state index in [0.29, 0.717) is 11.6 Å². The number of nitrogens with one attached hydrogen (secondary N) is 1. The van der Waals surface area contributed by atoms with Crippen LogP contribution >= 0.6 is 11.6 Å². The van der Waals surface area contributed by atoms with E-state index in [0.717, 1.165) is 30.8 Å². The minimum Gasteiger partial charge on any atom is -0.487 e. The van der Waals surface area contributed by atoms with Crippen molar-refractivity contribution < 1.29 is 4.74 Å². The van der Waals surface area contributed by atoms with Crippen molar-refractivity contribution in [1.82, 2.24) is 5.32 Å². The van der Waals surface area contributed by atoms with Gasteiger partial charge in [-0.25, -0.2) is 0 Å². The maximum atomic E-state index is 6.20. The monoisotopic (exact) mass is 303 g/mol. The Morgan fingerprint density at radius 1 is 1.10 bits per heavy atom. The van der Waals surface area contributed by atoms with Gasteiger partial charge in [0, 0.05) is 0 Å². The van der Waals surface area contributed by atoms with Gasteiger partial charge in [-0.1, -0.05) is 48.9 Å². The van der Waals surface area contributed by atoms with Gasteiger partial charge in [0.2, 0.25) is 0 Å². The Morgan fingerprint density at radius 2 is 1.86 bits per heavy atom. The molecule has 0 atom stereocenters. The minimum absolute atomic E-state index is 0.547. The standard InChI is InChI=1S/C18H22ClNO/c1-3-20-11-10-15-6-4-5-7-16(15)13-21-18-9-8-14(2)12-17(18)19/h4-9,12,20H,3,10-11,13H2,1-2H3. The topological polar surface area (TPSA) is 21.3 Å². The lowest BCUT2D eigenvalue weighted by atomic mass is 10.1. The summed E-state index contributed by atoms with van der Waals surface area (Å²) in [5, 5.41) is 4.02. The van der Waals surface area contributed by atoms with Gasteiger partial charge >= 0.3 is 0 Å². The molecule has 0 fully saturated rings. The Morgan fingerprint density at radius 3 is 2.57 bits per heavy atom. The zero-order valence-electron chi connectivity index (χ0n) is 12.7. The summed E-state index contributed by atoms with van der Waals surface area (Å²) in [6, 6.07) is 14.3. The summed E-state index contributed by atoms with van der Waals surface area (Å²) < 4.78 is 5.87. The molecular weight excluding hydrogens is 282 g/mol. The molecule has 0 radical (unpaired) electrons. The van der Waals surface area contributed by atoms with Crippen molar-refractivity contribution in [1.29, 1.82) is 0 Å². The molecule has 0 bridgehead atoms. The molecule has 2 aromatic rings. The van der Waals surface area contributed by atoms with Gasteiger partial charge in [-0.2, -0.15) is 0 Å². The highest BCUT2D eigenvalue weighted by Gasteiger charge is 2.05. The normalized spacial score (nSPS) is 10.6. The Kier molecular flexibility index (Phi) is 6.09. The molecule has 112 valence electrons. The number of aryl methyl sites for hydroxylation is 1. The number of hydrogen-bond acceptors (Lipinski definition) is 2. The highest BCUT2D eigenvalue weighted by Crippen LogP contribution is 2.26. The van der Waals surface area contributed by atoms with Crippen LogP contribution in [0.25, 0.3) is 0 Å². The fraction of sp³-hybridized carbons (Fsp3) is 0.333. The van der Waals surface area contributed by atoms with Gasteiger partial charge in [0.25, 0.3) is 0 Å². The maximum absolute atomic E-state index is 6.20. The molecule has 0 saturated carbocycles. The van der Waals surface area contributed by atoms with Crippen LogP contribution in [0.15, 0.2) is 42.5 Å². The highest BCUT2D eigenvalue weighted by atomic mass is 35.5. The number of benzene rings is 2. The first kappa shape index (κ1) is 15.9. The van der Waals surface area contributed by atoms with E-state index >= 15 is 0 Å². The predicted octanol–water partition coefficient (Wildman–Crippen LogP) is 4.38. The average Bonchev–Trinajstić information content (AvgIpc) is 2.48. The number of likely N-dealkylation sites (N-methyl/N-ethyl adjacent to an activating group) is 1. The van der Waals surface area contributed by atoms with Crippen LogP contribution < -0.4 is 10.1 Å². The molecule has 0 aliphatic rings. The lowest BCUT2D eigenvalue weighted by molar-refractivity contribution is 0.305. The summed E-state index contributed by atoms with van der Waals surface area (Å²) in [6.45, 7) is 6.67. The van der Waals surface area contributed by atoms with Crippen molar-refractivity contribution in [3.05, 3.63) is 64.2 Å². The van der Waals surface area contributed by atoms with Crippen LogP contribution in [0.5, 0.6) is 5.75 Å². The Hall–Kier alpha value is -1.51. The molecule has 2 aromatic carbocycles. The van der Waals surface area contributed by atoms with Gasteiger partial charge in [0.15, 0.2) is 0 Å². The van der Waals surface area contributed by atoms with Crippen molar-refractivity contribution >= 4 is 11.6 Å². The predicted molar refractivity (Wildman–Crippen MR) is 89.2 cm³/mol. The van der Waals surface area contributed by atoms with Gasteiger partial charge in [0.1, 0.15) is 12.4 Å². The maximum Gasteiger partial charge on any atom is 0.138 e. The molecule has 0 aliphatic heterocycles. The SMILES string of the molecule is CCNCCc1ccccc1COc1ccc(C)cc1Cl. The first-order chi connectivity index (χ1) is 10.2. The summed E-state index contributed by atoms with van der Waals surface area (Å²) in [4.78, 5) is 0. The van der Waals surface area contributed by atoms with E-state index in [2.05, 4.69) is 30.4 Å². The van der Waals surface area contributed by atoms with Gasteiger partial charge in [-0.05, 0) is 55.3 Å². The number of ether oxygens (including phenoxy) is 1. The molecule has 2 rings (SSSR count). The second-order valence-corrected chi connectivity index (χ2v) is 5.50. The van der Waals surface area contributed by atoms with E-state index in [1.807, 2.05) is 31.2 Å². The zero-order valence-corrected chi connectivity index (χ0v) is 13.4. The molecule has 3 heteroatoms. The second kappa shape index (κ2) is 8.06.